The lowest BCUT2D eigenvalue weighted by Gasteiger charge is -2.27. The van der Waals surface area contributed by atoms with E-state index in [0.717, 1.165) is 50.2 Å². The van der Waals surface area contributed by atoms with E-state index < -0.39 is 5.41 Å². The van der Waals surface area contributed by atoms with Crippen LogP contribution in [0.4, 0.5) is 5.69 Å². The molecular formula is C33H23NO2. The molecule has 5 aromatic rings. The SMILES string of the molecule is O=C1Nc2ccccc2C12c1ccccc1-c1c(-c3ccccc3)cc(Cc3ccccc3)c(O)c12. The van der Waals surface area contributed by atoms with E-state index in [9.17, 15) is 9.90 Å². The van der Waals surface area contributed by atoms with Crippen molar-refractivity contribution in [3.05, 3.63) is 143 Å². The van der Waals surface area contributed by atoms with Crippen molar-refractivity contribution in [3.8, 4) is 28.0 Å². The number of phenols is 1. The van der Waals surface area contributed by atoms with Gasteiger partial charge in [-0.1, -0.05) is 103 Å². The van der Waals surface area contributed by atoms with Gasteiger partial charge >= 0.3 is 0 Å². The molecule has 1 aliphatic carbocycles. The van der Waals surface area contributed by atoms with Gasteiger partial charge in [0.25, 0.3) is 0 Å². The van der Waals surface area contributed by atoms with Crippen molar-refractivity contribution in [2.45, 2.75) is 11.8 Å². The maximum absolute atomic E-state index is 14.0. The van der Waals surface area contributed by atoms with Gasteiger partial charge in [0.15, 0.2) is 0 Å². The largest absolute Gasteiger partial charge is 0.507 e. The first-order valence-corrected chi connectivity index (χ1v) is 12.2. The molecule has 1 atom stereocenters. The summed E-state index contributed by atoms with van der Waals surface area (Å²) in [5.74, 6) is 0.0673. The molecule has 3 heteroatoms. The van der Waals surface area contributed by atoms with Crippen LogP contribution in [0.3, 0.4) is 0 Å². The molecule has 1 unspecified atom stereocenters. The van der Waals surface area contributed by atoms with Crippen molar-refractivity contribution in [1.82, 2.24) is 0 Å². The lowest BCUT2D eigenvalue weighted by Crippen LogP contribution is -2.35. The van der Waals surface area contributed by atoms with Crippen molar-refractivity contribution >= 4 is 11.6 Å². The molecule has 1 aliphatic heterocycles. The summed E-state index contributed by atoms with van der Waals surface area (Å²) in [4.78, 5) is 14.0. The van der Waals surface area contributed by atoms with Gasteiger partial charge in [-0.05, 0) is 51.1 Å². The minimum Gasteiger partial charge on any atom is -0.507 e. The van der Waals surface area contributed by atoms with Crippen LogP contribution in [0.1, 0.15) is 27.8 Å². The average molecular weight is 466 g/mol. The fraction of sp³-hybridized carbons (Fsp3) is 0.0606. The number of aromatic hydroxyl groups is 1. The van der Waals surface area contributed by atoms with Crippen LogP contribution >= 0.6 is 0 Å². The summed E-state index contributed by atoms with van der Waals surface area (Å²) in [5.41, 5.74) is 8.06. The topological polar surface area (TPSA) is 49.3 Å². The third-order valence-corrected chi connectivity index (χ3v) is 7.60. The molecule has 3 nitrogen and oxygen atoms in total. The van der Waals surface area contributed by atoms with Crippen LogP contribution < -0.4 is 5.32 Å². The van der Waals surface area contributed by atoms with Crippen molar-refractivity contribution in [1.29, 1.82) is 0 Å². The van der Waals surface area contributed by atoms with Crippen molar-refractivity contribution in [3.63, 3.8) is 0 Å². The van der Waals surface area contributed by atoms with Gasteiger partial charge in [-0.15, -0.1) is 0 Å². The maximum atomic E-state index is 14.0. The van der Waals surface area contributed by atoms with Crippen molar-refractivity contribution in [2.75, 3.05) is 5.32 Å². The zero-order valence-electron chi connectivity index (χ0n) is 19.5. The van der Waals surface area contributed by atoms with E-state index in [0.29, 0.717) is 12.0 Å². The summed E-state index contributed by atoms with van der Waals surface area (Å²) >= 11 is 0. The number of hydrogen-bond acceptors (Lipinski definition) is 2. The molecule has 36 heavy (non-hydrogen) atoms. The molecule has 1 amide bonds. The molecule has 1 heterocycles. The second-order valence-corrected chi connectivity index (χ2v) is 9.51. The van der Waals surface area contributed by atoms with Gasteiger partial charge in [-0.25, -0.2) is 0 Å². The molecule has 1 spiro atoms. The average Bonchev–Trinajstić information content (AvgIpc) is 3.40. The molecule has 0 fully saturated rings. The van der Waals surface area contributed by atoms with E-state index in [1.165, 1.54) is 0 Å². The van der Waals surface area contributed by atoms with Gasteiger partial charge in [0.1, 0.15) is 11.2 Å². The highest BCUT2D eigenvalue weighted by Crippen LogP contribution is 2.62. The first-order valence-electron chi connectivity index (χ1n) is 12.2. The predicted molar refractivity (Wildman–Crippen MR) is 143 cm³/mol. The number of benzene rings is 5. The van der Waals surface area contributed by atoms with E-state index in [4.69, 9.17) is 0 Å². The van der Waals surface area contributed by atoms with Gasteiger partial charge in [0, 0.05) is 23.2 Å². The highest BCUT2D eigenvalue weighted by atomic mass is 16.3. The van der Waals surface area contributed by atoms with Gasteiger partial charge in [0.2, 0.25) is 5.91 Å². The second-order valence-electron chi connectivity index (χ2n) is 9.51. The number of rotatable bonds is 3. The van der Waals surface area contributed by atoms with Gasteiger partial charge in [-0.3, -0.25) is 4.79 Å². The van der Waals surface area contributed by atoms with Crippen LogP contribution in [0.2, 0.25) is 0 Å². The predicted octanol–water partition coefficient (Wildman–Crippen LogP) is 6.92. The lowest BCUT2D eigenvalue weighted by molar-refractivity contribution is -0.118. The second kappa shape index (κ2) is 7.69. The van der Waals surface area contributed by atoms with Gasteiger partial charge in [0.05, 0.1) is 0 Å². The third kappa shape index (κ3) is 2.71. The Morgan fingerprint density at radius 1 is 0.694 bits per heavy atom. The highest BCUT2D eigenvalue weighted by molar-refractivity contribution is 6.17. The van der Waals surface area contributed by atoms with Crippen LogP contribution in [0, 0.1) is 0 Å². The molecule has 0 saturated carbocycles. The summed E-state index contributed by atoms with van der Waals surface area (Å²) in [7, 11) is 0. The molecule has 0 aromatic heterocycles. The lowest BCUT2D eigenvalue weighted by atomic mass is 9.72. The maximum Gasteiger partial charge on any atom is 0.244 e. The normalized spacial score (nSPS) is 16.9. The number of fused-ring (bicyclic) bond motifs is 7. The third-order valence-electron chi connectivity index (χ3n) is 7.60. The number of carbonyl (C=O) groups is 1. The van der Waals surface area contributed by atoms with Crippen LogP contribution in [-0.2, 0) is 16.6 Å². The highest BCUT2D eigenvalue weighted by Gasteiger charge is 2.57. The smallest absolute Gasteiger partial charge is 0.244 e. The first-order chi connectivity index (χ1) is 17.7. The number of nitrogens with one attached hydrogen (secondary N) is 1. The number of anilines is 1. The zero-order chi connectivity index (χ0) is 24.3. The fourth-order valence-corrected chi connectivity index (χ4v) is 6.11. The first kappa shape index (κ1) is 20.7. The van der Waals surface area contributed by atoms with E-state index in [2.05, 4.69) is 41.7 Å². The molecule has 2 aliphatic rings. The Kier molecular flexibility index (Phi) is 4.43. The number of hydrogen-bond donors (Lipinski definition) is 2. The van der Waals surface area contributed by atoms with Crippen LogP contribution in [-0.4, -0.2) is 11.0 Å². The molecule has 0 saturated heterocycles. The Hall–Kier alpha value is -4.63. The molecule has 7 rings (SSSR count). The monoisotopic (exact) mass is 465 g/mol. The minimum absolute atomic E-state index is 0.124. The molecule has 5 aromatic carbocycles. The molecule has 172 valence electrons. The minimum atomic E-state index is -1.11. The van der Waals surface area contributed by atoms with E-state index in [1.54, 1.807) is 0 Å². The van der Waals surface area contributed by atoms with Crippen molar-refractivity contribution < 1.29 is 9.90 Å². The van der Waals surface area contributed by atoms with E-state index in [-0.39, 0.29) is 11.7 Å². The van der Waals surface area contributed by atoms with E-state index >= 15 is 0 Å². The van der Waals surface area contributed by atoms with Crippen LogP contribution in [0.5, 0.6) is 5.75 Å². The standard InChI is InChI=1S/C33H23NO2/c35-31-23(19-21-11-3-1-4-12-21)20-25(22-13-5-2-6-14-22)29-24-15-7-8-16-26(24)33(30(29)31)27-17-9-10-18-28(27)34-32(33)36/h1-18,20,35H,19H2,(H,34,36). The Labute approximate surface area is 209 Å². The Bertz CT molecular complexity index is 1660. The van der Waals surface area contributed by atoms with Crippen molar-refractivity contribution in [2.24, 2.45) is 0 Å². The quantitative estimate of drug-likeness (QED) is 0.304. The van der Waals surface area contributed by atoms with Gasteiger partial charge in [-0.2, -0.15) is 0 Å². The fourth-order valence-electron chi connectivity index (χ4n) is 6.11. The summed E-state index contributed by atoms with van der Waals surface area (Å²) in [6.45, 7) is 0. The summed E-state index contributed by atoms with van der Waals surface area (Å²) in [6.07, 6.45) is 0.565. The molecule has 0 radical (unpaired) electrons. The Morgan fingerprint density at radius 3 is 2.11 bits per heavy atom. The summed E-state index contributed by atoms with van der Waals surface area (Å²) in [6, 6.07) is 38.4. The molecular weight excluding hydrogens is 442 g/mol. The summed E-state index contributed by atoms with van der Waals surface area (Å²) < 4.78 is 0. The zero-order valence-corrected chi connectivity index (χ0v) is 19.5. The Balaban J connectivity index is 1.62. The van der Waals surface area contributed by atoms with Crippen LogP contribution in [0.25, 0.3) is 22.3 Å². The molecule has 2 N–H and O–H groups in total. The van der Waals surface area contributed by atoms with Crippen LogP contribution in [0.15, 0.2) is 115 Å². The number of carbonyl (C=O) groups excluding carboxylic acids is 1. The number of para-hydroxylation sites is 1. The molecule has 0 bridgehead atoms. The summed E-state index contributed by atoms with van der Waals surface area (Å²) in [5, 5.41) is 15.1. The van der Waals surface area contributed by atoms with E-state index in [1.807, 2.05) is 78.9 Å². The van der Waals surface area contributed by atoms with Gasteiger partial charge < -0.3 is 10.4 Å². The number of amides is 1. The Morgan fingerprint density at radius 2 is 1.33 bits per heavy atom. The number of phenolic OH excluding ortho intramolecular Hbond substituents is 1.